The largest absolute Gasteiger partial charge is 0.445 e. The van der Waals surface area contributed by atoms with Gasteiger partial charge in [0.2, 0.25) is 0 Å². The van der Waals surface area contributed by atoms with E-state index >= 15 is 0 Å². The van der Waals surface area contributed by atoms with E-state index < -0.39 is 13.9 Å². The molecule has 3 atom stereocenters. The number of carbonyl (C=O) groups excluding carboxylic acids is 1. The van der Waals surface area contributed by atoms with Crippen molar-refractivity contribution in [3.05, 3.63) is 66.5 Å². The predicted octanol–water partition coefficient (Wildman–Crippen LogP) is 6.37. The molecule has 1 aromatic heterocycles. The number of fused-ring (bicyclic) bond motifs is 1. The Morgan fingerprint density at radius 1 is 1.08 bits per heavy atom. The summed E-state index contributed by atoms with van der Waals surface area (Å²) < 4.78 is 14.7. The lowest BCUT2D eigenvalue weighted by Crippen LogP contribution is -2.58. The van der Waals surface area contributed by atoms with Crippen LogP contribution >= 0.6 is 0 Å². The van der Waals surface area contributed by atoms with Gasteiger partial charge >= 0.3 is 6.09 Å². The molecule has 2 heterocycles. The number of benzene rings is 2. The Morgan fingerprint density at radius 3 is 2.47 bits per heavy atom. The molecule has 7 nitrogen and oxygen atoms in total. The number of piperidine rings is 1. The first-order valence-corrected chi connectivity index (χ1v) is 16.5. The maximum atomic E-state index is 13.4. The van der Waals surface area contributed by atoms with E-state index in [1.54, 1.807) is 11.2 Å². The van der Waals surface area contributed by atoms with Gasteiger partial charge in [-0.25, -0.2) is 9.78 Å². The van der Waals surface area contributed by atoms with Gasteiger partial charge in [0.25, 0.3) is 0 Å². The summed E-state index contributed by atoms with van der Waals surface area (Å²) >= 11 is 0. The van der Waals surface area contributed by atoms with Crippen LogP contribution in [0.2, 0.25) is 18.1 Å². The first-order chi connectivity index (χ1) is 17.9. The highest BCUT2D eigenvalue weighted by molar-refractivity contribution is 6.74. The van der Waals surface area contributed by atoms with Crippen LogP contribution in [0.15, 0.2) is 60.9 Å². The standard InChI is InChI=1S/C30H43N3O4Si/c1-29(2,3)38(5,6)37-27-17-12-18-33(28(34)36-20-23-13-8-7-9-14-23)26(27)19-30(4,35)21-32-22-31-24-15-10-11-16-25(24)32/h7-11,13-16,22,26-27,35H,12,17-21H2,1-6H3/t26-,27+,30?/m1/s1. The number of amides is 1. The van der Waals surface area contributed by atoms with Crippen molar-refractivity contribution >= 4 is 25.4 Å². The summed E-state index contributed by atoms with van der Waals surface area (Å²) in [6.07, 6.45) is 3.31. The summed E-state index contributed by atoms with van der Waals surface area (Å²) in [5, 5.41) is 11.7. The smallest absolute Gasteiger partial charge is 0.410 e. The number of likely N-dealkylation sites (tertiary alicyclic amines) is 1. The molecule has 8 heteroatoms. The molecule has 4 rings (SSSR count). The summed E-state index contributed by atoms with van der Waals surface area (Å²) in [6, 6.07) is 17.3. The second-order valence-electron chi connectivity index (χ2n) is 12.4. The maximum Gasteiger partial charge on any atom is 0.410 e. The number of ether oxygens (including phenoxy) is 1. The fourth-order valence-electron chi connectivity index (χ4n) is 5.00. The first kappa shape index (κ1) is 28.3. The molecule has 3 aromatic rings. The Labute approximate surface area is 227 Å². The fourth-order valence-corrected chi connectivity index (χ4v) is 6.39. The van der Waals surface area contributed by atoms with Crippen molar-refractivity contribution in [3.8, 4) is 0 Å². The molecular weight excluding hydrogens is 494 g/mol. The molecule has 0 spiro atoms. The Bertz CT molecular complexity index is 1220. The Balaban J connectivity index is 1.57. The molecule has 0 saturated carbocycles. The van der Waals surface area contributed by atoms with E-state index in [0.29, 0.717) is 19.5 Å². The van der Waals surface area contributed by atoms with Gasteiger partial charge in [-0.15, -0.1) is 0 Å². The fraction of sp³-hybridized carbons (Fsp3) is 0.533. The molecule has 0 bridgehead atoms. The Hall–Kier alpha value is -2.68. The van der Waals surface area contributed by atoms with Crippen molar-refractivity contribution in [2.75, 3.05) is 6.54 Å². The number of para-hydroxylation sites is 2. The highest BCUT2D eigenvalue weighted by Gasteiger charge is 2.45. The van der Waals surface area contributed by atoms with Crippen LogP contribution in [0.1, 0.15) is 52.5 Å². The van der Waals surface area contributed by atoms with Crippen LogP contribution in [0.5, 0.6) is 0 Å². The highest BCUT2D eigenvalue weighted by Crippen LogP contribution is 2.40. The number of aromatic nitrogens is 2. The normalized spacial score (nSPS) is 20.3. The molecule has 206 valence electrons. The van der Waals surface area contributed by atoms with Gasteiger partial charge < -0.3 is 23.7 Å². The SMILES string of the molecule is CC(O)(C[C@@H]1[C@@H](O[Si](C)(C)C(C)(C)C)CCCN1C(=O)OCc1ccccc1)Cn1cnc2ccccc21. The molecule has 1 aliphatic heterocycles. The van der Waals surface area contributed by atoms with Crippen LogP contribution in [-0.2, 0) is 22.3 Å². The van der Waals surface area contributed by atoms with E-state index in [1.807, 2.05) is 66.1 Å². The zero-order valence-electron chi connectivity index (χ0n) is 23.7. The summed E-state index contributed by atoms with van der Waals surface area (Å²) in [6.45, 7) is 14.2. The maximum absolute atomic E-state index is 13.4. The van der Waals surface area contributed by atoms with E-state index in [9.17, 15) is 9.90 Å². The van der Waals surface area contributed by atoms with Crippen LogP contribution in [-0.4, -0.2) is 58.3 Å². The highest BCUT2D eigenvalue weighted by atomic mass is 28.4. The summed E-state index contributed by atoms with van der Waals surface area (Å²) in [5.74, 6) is 0. The van der Waals surface area contributed by atoms with E-state index in [1.165, 1.54) is 0 Å². The van der Waals surface area contributed by atoms with Gasteiger partial charge in [-0.2, -0.15) is 0 Å². The molecule has 1 unspecified atom stereocenters. The van der Waals surface area contributed by atoms with Gasteiger partial charge in [-0.3, -0.25) is 0 Å². The van der Waals surface area contributed by atoms with Crippen LogP contribution in [0.25, 0.3) is 11.0 Å². The molecule has 0 aliphatic carbocycles. The number of carbonyl (C=O) groups is 1. The van der Waals surface area contributed by atoms with Gasteiger partial charge in [-0.05, 0) is 55.6 Å². The minimum Gasteiger partial charge on any atom is -0.445 e. The number of rotatable bonds is 8. The van der Waals surface area contributed by atoms with E-state index in [2.05, 4.69) is 38.8 Å². The lowest BCUT2D eigenvalue weighted by atomic mass is 9.88. The van der Waals surface area contributed by atoms with Crippen LogP contribution in [0, 0.1) is 0 Å². The molecule has 1 N–H and O–H groups in total. The third kappa shape index (κ3) is 6.65. The molecule has 38 heavy (non-hydrogen) atoms. The van der Waals surface area contributed by atoms with E-state index in [4.69, 9.17) is 9.16 Å². The lowest BCUT2D eigenvalue weighted by Gasteiger charge is -2.47. The first-order valence-electron chi connectivity index (χ1n) is 13.6. The monoisotopic (exact) mass is 537 g/mol. The topological polar surface area (TPSA) is 76.8 Å². The average molecular weight is 538 g/mol. The van der Waals surface area contributed by atoms with Crippen molar-refractivity contribution in [2.45, 2.75) is 96.0 Å². The number of nitrogens with zero attached hydrogens (tertiary/aromatic N) is 3. The zero-order valence-corrected chi connectivity index (χ0v) is 24.7. The molecule has 1 fully saturated rings. The summed E-state index contributed by atoms with van der Waals surface area (Å²) in [5.41, 5.74) is 1.72. The van der Waals surface area contributed by atoms with Crippen molar-refractivity contribution in [3.63, 3.8) is 0 Å². The molecular formula is C30H43N3O4Si. The quantitative estimate of drug-likeness (QED) is 0.338. The summed E-state index contributed by atoms with van der Waals surface area (Å²) in [7, 11) is -2.12. The van der Waals surface area contributed by atoms with Crippen LogP contribution in [0.3, 0.4) is 0 Å². The van der Waals surface area contributed by atoms with Crippen molar-refractivity contribution < 1.29 is 19.1 Å². The Kier molecular flexibility index (Phi) is 8.35. The minimum absolute atomic E-state index is 0.0336. The van der Waals surface area contributed by atoms with Gasteiger partial charge in [0.1, 0.15) is 6.61 Å². The van der Waals surface area contributed by atoms with Gasteiger partial charge in [0.15, 0.2) is 8.32 Å². The molecule has 2 aromatic carbocycles. The van der Waals surface area contributed by atoms with Crippen molar-refractivity contribution in [1.82, 2.24) is 14.5 Å². The van der Waals surface area contributed by atoms with E-state index in [0.717, 1.165) is 29.4 Å². The van der Waals surface area contributed by atoms with Crippen molar-refractivity contribution in [1.29, 1.82) is 0 Å². The second kappa shape index (κ2) is 11.2. The molecule has 0 radical (unpaired) electrons. The second-order valence-corrected chi connectivity index (χ2v) is 17.2. The molecule has 1 amide bonds. The minimum atomic E-state index is -2.12. The summed E-state index contributed by atoms with van der Waals surface area (Å²) in [4.78, 5) is 19.7. The van der Waals surface area contributed by atoms with Crippen molar-refractivity contribution in [2.24, 2.45) is 0 Å². The molecule has 1 aliphatic rings. The van der Waals surface area contributed by atoms with Crippen LogP contribution in [0.4, 0.5) is 4.79 Å². The predicted molar refractivity (Wildman–Crippen MR) is 153 cm³/mol. The van der Waals surface area contributed by atoms with Gasteiger partial charge in [0.05, 0.1) is 41.7 Å². The number of aliphatic hydroxyl groups is 1. The number of imidazole rings is 1. The Morgan fingerprint density at radius 2 is 1.76 bits per heavy atom. The number of hydrogen-bond acceptors (Lipinski definition) is 5. The van der Waals surface area contributed by atoms with E-state index in [-0.39, 0.29) is 29.9 Å². The number of hydrogen-bond donors (Lipinski definition) is 1. The van der Waals surface area contributed by atoms with Gasteiger partial charge in [0, 0.05) is 13.0 Å². The third-order valence-electron chi connectivity index (χ3n) is 8.10. The van der Waals surface area contributed by atoms with Crippen LogP contribution < -0.4 is 0 Å². The third-order valence-corrected chi connectivity index (χ3v) is 12.6. The zero-order chi connectivity index (χ0) is 27.6. The van der Waals surface area contributed by atoms with Gasteiger partial charge in [-0.1, -0.05) is 63.2 Å². The average Bonchev–Trinajstić information content (AvgIpc) is 3.25. The lowest BCUT2D eigenvalue weighted by molar-refractivity contribution is -0.0438. The molecule has 1 saturated heterocycles.